The second kappa shape index (κ2) is 9.27. The molecule has 0 bridgehead atoms. The van der Waals surface area contributed by atoms with Crippen molar-refractivity contribution in [2.75, 3.05) is 20.8 Å². The van der Waals surface area contributed by atoms with Crippen molar-refractivity contribution in [1.29, 1.82) is 0 Å². The topological polar surface area (TPSA) is 81.7 Å². The molecular weight excluding hydrogens is 429 g/mol. The molecule has 0 fully saturated rings. The summed E-state index contributed by atoms with van der Waals surface area (Å²) in [4.78, 5) is 13.2. The molecule has 0 spiro atoms. The van der Waals surface area contributed by atoms with Gasteiger partial charge in [0.05, 0.1) is 19.1 Å². The Morgan fingerprint density at radius 3 is 2.37 bits per heavy atom. The van der Waals surface area contributed by atoms with Crippen LogP contribution in [0.3, 0.4) is 0 Å². The molecule has 0 aliphatic carbocycles. The van der Waals surface area contributed by atoms with Gasteiger partial charge in [-0.1, -0.05) is 6.07 Å². The minimum atomic E-state index is -3.86. The monoisotopic (exact) mass is 449 g/mol. The number of amides is 1. The molecule has 30 heavy (non-hydrogen) atoms. The van der Waals surface area contributed by atoms with Crippen molar-refractivity contribution in [3.05, 3.63) is 76.2 Å². The molecule has 1 heterocycles. The van der Waals surface area contributed by atoms with Gasteiger partial charge in [0.2, 0.25) is 0 Å². The highest BCUT2D eigenvalue weighted by molar-refractivity contribution is 7.91. The molecule has 3 rings (SSSR count). The zero-order valence-electron chi connectivity index (χ0n) is 16.3. The summed E-state index contributed by atoms with van der Waals surface area (Å²) >= 11 is 1.27. The fourth-order valence-electron chi connectivity index (χ4n) is 2.89. The summed E-state index contributed by atoms with van der Waals surface area (Å²) < 4.78 is 49.9. The lowest BCUT2D eigenvalue weighted by atomic mass is 10.2. The Labute approximate surface area is 178 Å². The van der Waals surface area contributed by atoms with E-state index < -0.39 is 26.8 Å². The number of hydrogen-bond donors (Lipinski definition) is 1. The van der Waals surface area contributed by atoms with E-state index in [2.05, 4.69) is 5.32 Å². The first-order valence-corrected chi connectivity index (χ1v) is 11.3. The van der Waals surface area contributed by atoms with Gasteiger partial charge in [-0.3, -0.25) is 4.79 Å². The minimum absolute atomic E-state index is 0.0114. The van der Waals surface area contributed by atoms with E-state index in [9.17, 15) is 17.6 Å². The lowest BCUT2D eigenvalue weighted by Gasteiger charge is -2.18. The molecule has 6 nitrogen and oxygen atoms in total. The van der Waals surface area contributed by atoms with Crippen LogP contribution in [0.25, 0.3) is 0 Å². The van der Waals surface area contributed by atoms with Crippen LogP contribution in [0.2, 0.25) is 0 Å². The van der Waals surface area contributed by atoms with E-state index in [0.29, 0.717) is 21.9 Å². The molecule has 158 valence electrons. The van der Waals surface area contributed by atoms with Gasteiger partial charge < -0.3 is 14.8 Å². The Morgan fingerprint density at radius 1 is 1.07 bits per heavy atom. The molecule has 3 aromatic rings. The first-order valence-electron chi connectivity index (χ1n) is 8.90. The Morgan fingerprint density at radius 2 is 1.77 bits per heavy atom. The molecule has 1 unspecified atom stereocenters. The zero-order chi connectivity index (χ0) is 21.7. The molecule has 2 aromatic carbocycles. The van der Waals surface area contributed by atoms with Crippen molar-refractivity contribution in [3.8, 4) is 11.5 Å². The third kappa shape index (κ3) is 4.63. The van der Waals surface area contributed by atoms with Gasteiger partial charge in [0, 0.05) is 17.0 Å². The smallest absolute Gasteiger partial charge is 0.251 e. The highest BCUT2D eigenvalue weighted by atomic mass is 32.2. The first-order chi connectivity index (χ1) is 14.4. The number of carbonyl (C=O) groups excluding carboxylic acids is 1. The Kier molecular flexibility index (Phi) is 6.73. The van der Waals surface area contributed by atoms with Crippen LogP contribution in [0.5, 0.6) is 11.5 Å². The SMILES string of the molecule is COc1ccc(C(=O)NCC(c2cccs2)S(=O)(=O)c2ccc(F)cc2)cc1OC. The molecule has 0 aliphatic heterocycles. The number of benzene rings is 2. The Bertz CT molecular complexity index is 1110. The molecule has 9 heteroatoms. The summed E-state index contributed by atoms with van der Waals surface area (Å²) in [5.41, 5.74) is 0.303. The fraction of sp³-hybridized carbons (Fsp3) is 0.190. The predicted molar refractivity (Wildman–Crippen MR) is 113 cm³/mol. The van der Waals surface area contributed by atoms with Gasteiger partial charge in [0.1, 0.15) is 11.1 Å². The molecule has 0 aliphatic rings. The number of ether oxygens (including phenoxy) is 2. The van der Waals surface area contributed by atoms with Gasteiger partial charge in [-0.05, 0) is 53.9 Å². The van der Waals surface area contributed by atoms with Crippen molar-refractivity contribution >= 4 is 27.1 Å². The third-order valence-electron chi connectivity index (χ3n) is 4.47. The maximum Gasteiger partial charge on any atom is 0.251 e. The lowest BCUT2D eigenvalue weighted by molar-refractivity contribution is 0.0953. The summed E-state index contributed by atoms with van der Waals surface area (Å²) in [6.07, 6.45) is 0. The van der Waals surface area contributed by atoms with Crippen LogP contribution in [-0.2, 0) is 9.84 Å². The molecule has 0 saturated carbocycles. The number of halogens is 1. The van der Waals surface area contributed by atoms with E-state index >= 15 is 0 Å². The van der Waals surface area contributed by atoms with E-state index in [1.165, 1.54) is 43.8 Å². The van der Waals surface area contributed by atoms with Crippen molar-refractivity contribution < 1.29 is 27.1 Å². The number of rotatable bonds is 8. The number of thiophene rings is 1. The average molecular weight is 450 g/mol. The zero-order valence-corrected chi connectivity index (χ0v) is 17.9. The molecule has 0 radical (unpaired) electrons. The molecule has 1 N–H and O–H groups in total. The van der Waals surface area contributed by atoms with Crippen LogP contribution in [0, 0.1) is 5.82 Å². The molecule has 1 atom stereocenters. The third-order valence-corrected chi connectivity index (χ3v) is 7.71. The average Bonchev–Trinajstić information content (AvgIpc) is 3.27. The summed E-state index contributed by atoms with van der Waals surface area (Å²) in [7, 11) is -0.908. The molecule has 0 saturated heterocycles. The number of nitrogens with one attached hydrogen (secondary N) is 1. The minimum Gasteiger partial charge on any atom is -0.493 e. The molecular formula is C21H20FNO5S2. The van der Waals surface area contributed by atoms with Crippen molar-refractivity contribution in [3.63, 3.8) is 0 Å². The fourth-order valence-corrected chi connectivity index (χ4v) is 5.68. The van der Waals surface area contributed by atoms with Gasteiger partial charge >= 0.3 is 0 Å². The van der Waals surface area contributed by atoms with Crippen LogP contribution in [-0.4, -0.2) is 35.1 Å². The number of carbonyl (C=O) groups is 1. The quantitative estimate of drug-likeness (QED) is 0.529. The van der Waals surface area contributed by atoms with Crippen molar-refractivity contribution in [2.24, 2.45) is 0 Å². The molecule has 1 amide bonds. The second-order valence-corrected chi connectivity index (χ2v) is 9.39. The van der Waals surface area contributed by atoms with Crippen LogP contribution in [0.4, 0.5) is 4.39 Å². The highest BCUT2D eigenvalue weighted by Gasteiger charge is 2.30. The summed E-state index contributed by atoms with van der Waals surface area (Å²) in [5, 5.41) is 3.44. The Balaban J connectivity index is 1.85. The lowest BCUT2D eigenvalue weighted by Crippen LogP contribution is -2.31. The van der Waals surface area contributed by atoms with Crippen molar-refractivity contribution in [2.45, 2.75) is 10.1 Å². The highest BCUT2D eigenvalue weighted by Crippen LogP contribution is 2.32. The molecule has 1 aromatic heterocycles. The number of methoxy groups -OCH3 is 2. The maximum absolute atomic E-state index is 13.2. The van der Waals surface area contributed by atoms with E-state index in [4.69, 9.17) is 9.47 Å². The Hall–Kier alpha value is -2.91. The van der Waals surface area contributed by atoms with E-state index in [1.807, 2.05) is 0 Å². The summed E-state index contributed by atoms with van der Waals surface area (Å²) in [5.74, 6) is -0.113. The van der Waals surface area contributed by atoms with Gasteiger partial charge in [0.25, 0.3) is 5.91 Å². The normalized spacial score (nSPS) is 12.2. The van der Waals surface area contributed by atoms with Gasteiger partial charge in [-0.2, -0.15) is 0 Å². The van der Waals surface area contributed by atoms with Gasteiger partial charge in [-0.15, -0.1) is 11.3 Å². The maximum atomic E-state index is 13.2. The number of sulfone groups is 1. The van der Waals surface area contributed by atoms with Crippen molar-refractivity contribution in [1.82, 2.24) is 5.32 Å². The van der Waals surface area contributed by atoms with Crippen LogP contribution >= 0.6 is 11.3 Å². The van der Waals surface area contributed by atoms with E-state index in [0.717, 1.165) is 12.1 Å². The largest absolute Gasteiger partial charge is 0.493 e. The second-order valence-electron chi connectivity index (χ2n) is 6.28. The van der Waals surface area contributed by atoms with E-state index in [1.54, 1.807) is 29.6 Å². The number of hydrogen-bond acceptors (Lipinski definition) is 6. The van der Waals surface area contributed by atoms with Gasteiger partial charge in [-0.25, -0.2) is 12.8 Å². The predicted octanol–water partition coefficient (Wildman–Crippen LogP) is 3.85. The van der Waals surface area contributed by atoms with E-state index in [-0.39, 0.29) is 11.4 Å². The summed E-state index contributed by atoms with van der Waals surface area (Å²) in [6.45, 7) is -0.145. The van der Waals surface area contributed by atoms with Crippen LogP contribution < -0.4 is 14.8 Å². The van der Waals surface area contributed by atoms with Gasteiger partial charge in [0.15, 0.2) is 21.3 Å². The summed E-state index contributed by atoms with van der Waals surface area (Å²) in [6, 6.07) is 12.8. The van der Waals surface area contributed by atoms with Crippen LogP contribution in [0.1, 0.15) is 20.5 Å². The standard InChI is InChI=1S/C21H20FNO5S2/c1-27-17-10-5-14(12-18(17)28-2)21(24)23-13-20(19-4-3-11-29-19)30(25,26)16-8-6-15(22)7-9-16/h3-12,20H,13H2,1-2H3,(H,23,24). The first kappa shape index (κ1) is 21.8. The van der Waals surface area contributed by atoms with Crippen LogP contribution in [0.15, 0.2) is 64.9 Å².